The van der Waals surface area contributed by atoms with Gasteiger partial charge in [0.25, 0.3) is 0 Å². The summed E-state index contributed by atoms with van der Waals surface area (Å²) in [6.45, 7) is 9.80. The van der Waals surface area contributed by atoms with E-state index in [1.54, 1.807) is 8.92 Å². The van der Waals surface area contributed by atoms with Crippen molar-refractivity contribution in [2.75, 3.05) is 52.6 Å². The van der Waals surface area contributed by atoms with Crippen LogP contribution in [0.25, 0.3) is 0 Å². The van der Waals surface area contributed by atoms with Gasteiger partial charge >= 0.3 is 180 Å². The van der Waals surface area contributed by atoms with Gasteiger partial charge in [0.15, 0.2) is 0 Å². The van der Waals surface area contributed by atoms with Crippen molar-refractivity contribution in [2.45, 2.75) is 13.1 Å². The van der Waals surface area contributed by atoms with E-state index in [0.717, 1.165) is 65.7 Å². The Balaban J connectivity index is 1.40. The monoisotopic (exact) mass is 512 g/mol. The molecule has 0 spiro atoms. The predicted octanol–water partition coefficient (Wildman–Crippen LogP) is 0.625. The molecule has 0 N–H and O–H groups in total. The van der Waals surface area contributed by atoms with E-state index in [2.05, 4.69) is 58.3 Å². The average Bonchev–Trinajstić information content (AvgIpc) is 2.76. The van der Waals surface area contributed by atoms with Crippen LogP contribution in [0.3, 0.4) is 0 Å². The van der Waals surface area contributed by atoms with Crippen LogP contribution in [0.4, 0.5) is 0 Å². The predicted molar refractivity (Wildman–Crippen MR) is 116 cm³/mol. The van der Waals surface area contributed by atoms with Crippen LogP contribution in [-0.2, 0) is 22.6 Å². The number of ether oxygens (including phenoxy) is 2. The quantitative estimate of drug-likeness (QED) is 0.511. The molecule has 2 fully saturated rings. The molecule has 2 aliphatic rings. The van der Waals surface area contributed by atoms with Gasteiger partial charge in [-0.05, 0) is 0 Å². The molecule has 0 bridgehead atoms. The van der Waals surface area contributed by atoms with Gasteiger partial charge in [0.05, 0.1) is 0 Å². The molecule has 0 aromatic heterocycles. The zero-order chi connectivity index (χ0) is 19.0. The molecule has 2 aromatic rings. The van der Waals surface area contributed by atoms with Crippen molar-refractivity contribution in [3.05, 3.63) is 59.7 Å². The van der Waals surface area contributed by atoms with Crippen LogP contribution in [0.5, 0.6) is 0 Å². The van der Waals surface area contributed by atoms with E-state index < -0.39 is 0 Å². The first-order valence-corrected chi connectivity index (χ1v) is 16.0. The molecule has 0 unspecified atom stereocenters. The van der Waals surface area contributed by atoms with E-state index in [4.69, 9.17) is 9.47 Å². The first-order valence-electron chi connectivity index (χ1n) is 9.99. The third-order valence-electron chi connectivity index (χ3n) is 5.16. The summed E-state index contributed by atoms with van der Waals surface area (Å²) in [5.74, 6) is 0. The van der Waals surface area contributed by atoms with Gasteiger partial charge in [-0.25, -0.2) is 0 Å². The van der Waals surface area contributed by atoms with E-state index in [0.29, 0.717) is 26.3 Å². The molecule has 0 radical (unpaired) electrons. The minimum atomic E-state index is 0.511. The molecule has 2 heterocycles. The Morgan fingerprint density at radius 1 is 0.607 bits per heavy atom. The first-order chi connectivity index (χ1) is 13.9. The zero-order valence-electron chi connectivity index (χ0n) is 16.2. The maximum absolute atomic E-state index is 5.50. The van der Waals surface area contributed by atoms with Crippen LogP contribution in [0, 0.1) is 0 Å². The van der Waals surface area contributed by atoms with E-state index in [9.17, 15) is 0 Å². The van der Waals surface area contributed by atoms with E-state index in [1.165, 1.54) is 11.1 Å². The van der Waals surface area contributed by atoms with Gasteiger partial charge in [0.1, 0.15) is 0 Å². The summed E-state index contributed by atoms with van der Waals surface area (Å²) in [6.07, 6.45) is 0. The molecule has 6 heteroatoms. The Morgan fingerprint density at radius 3 is 1.43 bits per heavy atom. The van der Waals surface area contributed by atoms with Crippen LogP contribution < -0.4 is 8.92 Å². The molecule has 28 heavy (non-hydrogen) atoms. The first kappa shape index (κ1) is 20.6. The summed E-state index contributed by atoms with van der Waals surface area (Å²) in [7, 11) is 0. The molecular formula is C22H28N2O2Se2. The standard InChI is InChI=1S/C22H28N2O2Se2/c1-3-7-21(19(5-1)17-23-9-13-25-14-10-23)27-28-22-8-4-2-6-20(22)18-24-11-15-26-16-12-24/h1-8H,9-18H2. The Hall–Kier alpha value is -0.681. The summed E-state index contributed by atoms with van der Waals surface area (Å²) in [4.78, 5) is 5.05. The number of hydrogen-bond donors (Lipinski definition) is 0. The molecule has 0 saturated carbocycles. The fourth-order valence-corrected chi connectivity index (χ4v) is 11.0. The SMILES string of the molecule is c1ccc([Se][Se]c2ccccc2CN2CCOCC2)c(CN2CCOCC2)c1. The van der Waals surface area contributed by atoms with Crippen LogP contribution in [0.15, 0.2) is 48.5 Å². The number of nitrogens with zero attached hydrogens (tertiary/aromatic N) is 2. The van der Waals surface area contributed by atoms with Crippen molar-refractivity contribution in [1.29, 1.82) is 0 Å². The van der Waals surface area contributed by atoms with Crippen LogP contribution >= 0.6 is 0 Å². The molecular weight excluding hydrogens is 482 g/mol. The molecule has 0 amide bonds. The summed E-state index contributed by atoms with van der Waals surface area (Å²) < 4.78 is 14.1. The molecule has 4 rings (SSSR count). The van der Waals surface area contributed by atoms with Crippen LogP contribution in [-0.4, -0.2) is 88.7 Å². The zero-order valence-corrected chi connectivity index (χ0v) is 19.6. The second-order valence-corrected chi connectivity index (χ2v) is 13.3. The molecule has 2 saturated heterocycles. The van der Waals surface area contributed by atoms with Gasteiger partial charge in [-0.3, -0.25) is 0 Å². The molecule has 4 nitrogen and oxygen atoms in total. The Kier molecular flexibility index (Phi) is 8.02. The van der Waals surface area contributed by atoms with Crippen LogP contribution in [0.1, 0.15) is 11.1 Å². The fraction of sp³-hybridized carbons (Fsp3) is 0.455. The van der Waals surface area contributed by atoms with Gasteiger partial charge in [-0.15, -0.1) is 0 Å². The molecule has 2 aromatic carbocycles. The normalized spacial score (nSPS) is 19.0. The number of hydrogen-bond acceptors (Lipinski definition) is 4. The van der Waals surface area contributed by atoms with Crippen molar-refractivity contribution < 1.29 is 9.47 Å². The summed E-state index contributed by atoms with van der Waals surface area (Å²) in [6, 6.07) is 18.1. The topological polar surface area (TPSA) is 24.9 Å². The number of morpholine rings is 2. The third-order valence-corrected chi connectivity index (χ3v) is 12.6. The van der Waals surface area contributed by atoms with Gasteiger partial charge in [-0.1, -0.05) is 0 Å². The van der Waals surface area contributed by atoms with E-state index >= 15 is 0 Å². The number of rotatable bonds is 7. The summed E-state index contributed by atoms with van der Waals surface area (Å²) >= 11 is 1.02. The van der Waals surface area contributed by atoms with E-state index in [-0.39, 0.29) is 0 Å². The molecule has 2 aliphatic heterocycles. The van der Waals surface area contributed by atoms with Gasteiger partial charge in [-0.2, -0.15) is 0 Å². The fourth-order valence-electron chi connectivity index (χ4n) is 3.52. The van der Waals surface area contributed by atoms with Crippen molar-refractivity contribution in [3.8, 4) is 0 Å². The molecule has 0 atom stereocenters. The average molecular weight is 510 g/mol. The van der Waals surface area contributed by atoms with E-state index in [1.807, 2.05) is 0 Å². The van der Waals surface area contributed by atoms with Crippen molar-refractivity contribution >= 4 is 35.2 Å². The van der Waals surface area contributed by atoms with Gasteiger partial charge in [0, 0.05) is 0 Å². The van der Waals surface area contributed by atoms with Crippen molar-refractivity contribution in [1.82, 2.24) is 9.80 Å². The Labute approximate surface area is 179 Å². The van der Waals surface area contributed by atoms with Crippen molar-refractivity contribution in [2.24, 2.45) is 0 Å². The van der Waals surface area contributed by atoms with Crippen molar-refractivity contribution in [3.63, 3.8) is 0 Å². The third kappa shape index (κ3) is 5.91. The number of benzene rings is 2. The molecule has 150 valence electrons. The minimum absolute atomic E-state index is 0.511. The maximum atomic E-state index is 5.50. The summed E-state index contributed by atoms with van der Waals surface area (Å²) in [5, 5.41) is 0. The van der Waals surface area contributed by atoms with Crippen LogP contribution in [0.2, 0.25) is 0 Å². The second kappa shape index (κ2) is 10.9. The second-order valence-electron chi connectivity index (χ2n) is 7.16. The summed E-state index contributed by atoms with van der Waals surface area (Å²) in [5.41, 5.74) is 3.02. The Morgan fingerprint density at radius 2 is 1.00 bits per heavy atom. The van der Waals surface area contributed by atoms with Gasteiger partial charge < -0.3 is 0 Å². The van der Waals surface area contributed by atoms with Gasteiger partial charge in [0.2, 0.25) is 0 Å². The molecule has 0 aliphatic carbocycles. The Bertz CT molecular complexity index is 683.